The van der Waals surface area contributed by atoms with Crippen molar-refractivity contribution in [3.63, 3.8) is 0 Å². The van der Waals surface area contributed by atoms with E-state index in [0.29, 0.717) is 6.42 Å². The maximum Gasteiger partial charge on any atom is 0.300 e. The summed E-state index contributed by atoms with van der Waals surface area (Å²) >= 11 is 0. The van der Waals surface area contributed by atoms with Crippen molar-refractivity contribution < 1.29 is 9.90 Å². The van der Waals surface area contributed by atoms with Crippen LogP contribution in [0.3, 0.4) is 0 Å². The van der Waals surface area contributed by atoms with Crippen LogP contribution in [0, 0.1) is 11.3 Å². The summed E-state index contributed by atoms with van der Waals surface area (Å²) in [6, 6.07) is 2.02. The van der Waals surface area contributed by atoms with Crippen LogP contribution in [0.5, 0.6) is 0 Å². The molecule has 0 rings (SSSR count). The number of nitriles is 1. The molecule has 0 spiro atoms. The van der Waals surface area contributed by atoms with E-state index in [9.17, 15) is 0 Å². The standard InChI is InChI=1S/C7H16.C4H7N.C2H4O2/c1-3-5-7-6-4-2;1-2-3-4-5;1-2(3)4/h3-7H2,1-2H3;2-3H2,1H3;1H3,(H,3,4). The van der Waals surface area contributed by atoms with Gasteiger partial charge in [-0.3, -0.25) is 4.79 Å². The molecule has 96 valence electrons. The highest BCUT2D eigenvalue weighted by Crippen LogP contribution is 2.00. The zero-order valence-electron chi connectivity index (χ0n) is 11.3. The lowest BCUT2D eigenvalue weighted by molar-refractivity contribution is -0.134. The Kier molecular flexibility index (Phi) is 30.1. The van der Waals surface area contributed by atoms with Gasteiger partial charge in [-0.25, -0.2) is 0 Å². The SMILES string of the molecule is CC(=O)O.CCCC#N.CCCCCCC. The quantitative estimate of drug-likeness (QED) is 0.712. The first-order valence-electron chi connectivity index (χ1n) is 6.13. The summed E-state index contributed by atoms with van der Waals surface area (Å²) < 4.78 is 0. The predicted molar refractivity (Wildman–Crippen MR) is 68.3 cm³/mol. The van der Waals surface area contributed by atoms with E-state index in [0.717, 1.165) is 13.3 Å². The van der Waals surface area contributed by atoms with Gasteiger partial charge in [0.2, 0.25) is 0 Å². The summed E-state index contributed by atoms with van der Waals surface area (Å²) in [7, 11) is 0. The first-order valence-corrected chi connectivity index (χ1v) is 6.13. The van der Waals surface area contributed by atoms with E-state index < -0.39 is 5.97 Å². The van der Waals surface area contributed by atoms with Crippen molar-refractivity contribution in [1.82, 2.24) is 0 Å². The number of aliphatic carboxylic acids is 1. The molecule has 0 aliphatic carbocycles. The molecule has 3 nitrogen and oxygen atoms in total. The first-order chi connectivity index (χ1) is 7.56. The third-order valence-electron chi connectivity index (χ3n) is 1.57. The Morgan fingerprint density at radius 1 is 1.06 bits per heavy atom. The molecule has 0 fully saturated rings. The molecular formula is C13H27NO2. The Hall–Kier alpha value is -1.04. The van der Waals surface area contributed by atoms with Crippen molar-refractivity contribution in [3.8, 4) is 6.07 Å². The number of rotatable bonds is 5. The molecule has 0 aliphatic rings. The summed E-state index contributed by atoms with van der Waals surface area (Å²) in [6.07, 6.45) is 8.69. The van der Waals surface area contributed by atoms with E-state index >= 15 is 0 Å². The molecule has 0 aromatic carbocycles. The van der Waals surface area contributed by atoms with Crippen molar-refractivity contribution in [1.29, 1.82) is 5.26 Å². The van der Waals surface area contributed by atoms with Crippen LogP contribution < -0.4 is 0 Å². The van der Waals surface area contributed by atoms with Gasteiger partial charge < -0.3 is 5.11 Å². The van der Waals surface area contributed by atoms with Crippen LogP contribution in [-0.4, -0.2) is 11.1 Å². The Morgan fingerprint density at radius 3 is 1.56 bits per heavy atom. The normalized spacial score (nSPS) is 7.69. The predicted octanol–water partition coefficient (Wildman–Crippen LogP) is 4.38. The number of hydrogen-bond donors (Lipinski definition) is 1. The minimum Gasteiger partial charge on any atom is -0.481 e. The van der Waals surface area contributed by atoms with Gasteiger partial charge in [-0.2, -0.15) is 5.26 Å². The second kappa shape index (κ2) is 23.6. The number of unbranched alkanes of at least 4 members (excludes halogenated alkanes) is 5. The van der Waals surface area contributed by atoms with Crippen molar-refractivity contribution >= 4 is 5.97 Å². The van der Waals surface area contributed by atoms with Gasteiger partial charge in [0.05, 0.1) is 6.07 Å². The average molecular weight is 229 g/mol. The molecule has 0 bridgehead atoms. The van der Waals surface area contributed by atoms with Gasteiger partial charge >= 0.3 is 0 Å². The van der Waals surface area contributed by atoms with Crippen molar-refractivity contribution in [3.05, 3.63) is 0 Å². The van der Waals surface area contributed by atoms with Gasteiger partial charge in [-0.15, -0.1) is 0 Å². The van der Waals surface area contributed by atoms with Gasteiger partial charge in [-0.1, -0.05) is 52.9 Å². The fraction of sp³-hybridized carbons (Fsp3) is 0.846. The van der Waals surface area contributed by atoms with Crippen molar-refractivity contribution in [2.75, 3.05) is 0 Å². The summed E-state index contributed by atoms with van der Waals surface area (Å²) in [5, 5.41) is 15.2. The minimum atomic E-state index is -0.833. The van der Waals surface area contributed by atoms with Gasteiger partial charge in [0.15, 0.2) is 0 Å². The van der Waals surface area contributed by atoms with Crippen LogP contribution in [0.25, 0.3) is 0 Å². The molecule has 3 heteroatoms. The Morgan fingerprint density at radius 2 is 1.44 bits per heavy atom. The van der Waals surface area contributed by atoms with Gasteiger partial charge in [0.25, 0.3) is 5.97 Å². The van der Waals surface area contributed by atoms with Gasteiger partial charge in [-0.05, 0) is 6.42 Å². The first kappa shape index (κ1) is 20.4. The Balaban J connectivity index is -0.000000166. The maximum atomic E-state index is 9.00. The number of nitrogens with zero attached hydrogens (tertiary/aromatic N) is 1. The lowest BCUT2D eigenvalue weighted by Gasteiger charge is -1.90. The molecule has 0 aromatic heterocycles. The molecule has 0 aromatic rings. The third-order valence-corrected chi connectivity index (χ3v) is 1.57. The molecule has 16 heavy (non-hydrogen) atoms. The fourth-order valence-corrected chi connectivity index (χ4v) is 0.789. The maximum absolute atomic E-state index is 9.00. The van der Waals surface area contributed by atoms with Crippen LogP contribution in [0.1, 0.15) is 72.6 Å². The largest absolute Gasteiger partial charge is 0.481 e. The molecule has 0 heterocycles. The van der Waals surface area contributed by atoms with Crippen LogP contribution in [0.4, 0.5) is 0 Å². The van der Waals surface area contributed by atoms with E-state index in [4.69, 9.17) is 15.2 Å². The number of carbonyl (C=O) groups is 1. The van der Waals surface area contributed by atoms with E-state index in [1.165, 1.54) is 32.1 Å². The molecule has 0 amide bonds. The molecule has 0 saturated heterocycles. The van der Waals surface area contributed by atoms with Crippen LogP contribution in [0.15, 0.2) is 0 Å². The fourth-order valence-electron chi connectivity index (χ4n) is 0.789. The lowest BCUT2D eigenvalue weighted by atomic mass is 10.2. The van der Waals surface area contributed by atoms with E-state index in [-0.39, 0.29) is 0 Å². The monoisotopic (exact) mass is 229 g/mol. The highest BCUT2D eigenvalue weighted by atomic mass is 16.4. The number of carboxylic acid groups (broad SMARTS) is 1. The average Bonchev–Trinajstić information content (AvgIpc) is 2.20. The summed E-state index contributed by atoms with van der Waals surface area (Å²) in [4.78, 5) is 9.00. The Bertz CT molecular complexity index is 154. The van der Waals surface area contributed by atoms with Crippen LogP contribution >= 0.6 is 0 Å². The lowest BCUT2D eigenvalue weighted by Crippen LogP contribution is -1.78. The summed E-state index contributed by atoms with van der Waals surface area (Å²) in [5.41, 5.74) is 0. The van der Waals surface area contributed by atoms with Crippen LogP contribution in [0.2, 0.25) is 0 Å². The Labute approximate surface area is 100 Å². The van der Waals surface area contributed by atoms with Crippen LogP contribution in [-0.2, 0) is 4.79 Å². The molecule has 0 atom stereocenters. The minimum absolute atomic E-state index is 0.694. The summed E-state index contributed by atoms with van der Waals surface area (Å²) in [6.45, 7) is 7.56. The van der Waals surface area contributed by atoms with E-state index in [2.05, 4.69) is 13.8 Å². The summed E-state index contributed by atoms with van der Waals surface area (Å²) in [5.74, 6) is -0.833. The molecule has 0 aliphatic heterocycles. The highest BCUT2D eigenvalue weighted by molar-refractivity contribution is 5.62. The smallest absolute Gasteiger partial charge is 0.300 e. The number of carboxylic acids is 1. The topological polar surface area (TPSA) is 61.1 Å². The zero-order valence-corrected chi connectivity index (χ0v) is 11.3. The molecule has 0 radical (unpaired) electrons. The van der Waals surface area contributed by atoms with E-state index in [1.54, 1.807) is 0 Å². The molecule has 1 N–H and O–H groups in total. The molecule has 0 unspecified atom stereocenters. The van der Waals surface area contributed by atoms with Gasteiger partial charge in [0, 0.05) is 13.3 Å². The van der Waals surface area contributed by atoms with Gasteiger partial charge in [0.1, 0.15) is 0 Å². The van der Waals surface area contributed by atoms with Crippen molar-refractivity contribution in [2.24, 2.45) is 0 Å². The second-order valence-corrected chi connectivity index (χ2v) is 3.49. The number of hydrogen-bond acceptors (Lipinski definition) is 2. The second-order valence-electron chi connectivity index (χ2n) is 3.49. The highest BCUT2D eigenvalue weighted by Gasteiger charge is 1.80. The zero-order chi connectivity index (χ0) is 13.2. The molecular weight excluding hydrogens is 202 g/mol. The van der Waals surface area contributed by atoms with Crippen molar-refractivity contribution in [2.45, 2.75) is 72.6 Å². The third kappa shape index (κ3) is 75.4. The molecule has 0 saturated carbocycles. The van der Waals surface area contributed by atoms with E-state index in [1.807, 2.05) is 13.0 Å².